The van der Waals surface area contributed by atoms with Gasteiger partial charge in [-0.25, -0.2) is 0 Å². The summed E-state index contributed by atoms with van der Waals surface area (Å²) >= 11 is 0. The Labute approximate surface area is 114 Å². The fraction of sp³-hybridized carbons (Fsp3) is 0.571. The van der Waals surface area contributed by atoms with Crippen molar-refractivity contribution in [1.82, 2.24) is 15.2 Å². The number of carbonyl (C=O) groups is 1. The van der Waals surface area contributed by atoms with Crippen molar-refractivity contribution in [3.8, 4) is 0 Å². The number of nitrogens with one attached hydrogen (secondary N) is 1. The van der Waals surface area contributed by atoms with Crippen molar-refractivity contribution in [1.29, 1.82) is 0 Å². The minimum atomic E-state index is -0.439. The van der Waals surface area contributed by atoms with Crippen LogP contribution in [0.4, 0.5) is 0 Å². The standard InChI is InChI=1S/C14H23N3O2/c1-11(2)17(9-12(3)18)10-14(19)16-8-13-6-4-5-7-15-13/h4-7,11-12,18H,8-10H2,1-3H3,(H,16,19). The van der Waals surface area contributed by atoms with E-state index in [2.05, 4.69) is 10.3 Å². The normalized spacial score (nSPS) is 12.7. The lowest BCUT2D eigenvalue weighted by Gasteiger charge is -2.26. The highest BCUT2D eigenvalue weighted by molar-refractivity contribution is 5.78. The highest BCUT2D eigenvalue weighted by atomic mass is 16.3. The molecule has 0 aliphatic rings. The fourth-order valence-electron chi connectivity index (χ4n) is 1.73. The number of hydrogen-bond donors (Lipinski definition) is 2. The predicted octanol–water partition coefficient (Wildman–Crippen LogP) is 0.789. The molecule has 0 bridgehead atoms. The van der Waals surface area contributed by atoms with Gasteiger partial charge in [0.25, 0.3) is 0 Å². The van der Waals surface area contributed by atoms with Crippen LogP contribution in [0.1, 0.15) is 26.5 Å². The van der Waals surface area contributed by atoms with Crippen molar-refractivity contribution in [2.75, 3.05) is 13.1 Å². The van der Waals surface area contributed by atoms with Gasteiger partial charge in [0.15, 0.2) is 0 Å². The lowest BCUT2D eigenvalue weighted by Crippen LogP contribution is -2.43. The van der Waals surface area contributed by atoms with Gasteiger partial charge in [0.2, 0.25) is 5.91 Å². The average Bonchev–Trinajstić information content (AvgIpc) is 2.36. The number of rotatable bonds is 7. The number of nitrogens with zero attached hydrogens (tertiary/aromatic N) is 2. The van der Waals surface area contributed by atoms with Gasteiger partial charge >= 0.3 is 0 Å². The van der Waals surface area contributed by atoms with E-state index >= 15 is 0 Å². The predicted molar refractivity (Wildman–Crippen MR) is 74.5 cm³/mol. The Bertz CT molecular complexity index is 380. The molecule has 0 spiro atoms. The molecule has 1 aromatic rings. The Kier molecular flexibility index (Phi) is 6.45. The largest absolute Gasteiger partial charge is 0.392 e. The van der Waals surface area contributed by atoms with Crippen LogP contribution in [0.25, 0.3) is 0 Å². The number of aliphatic hydroxyl groups is 1. The second-order valence-corrected chi connectivity index (χ2v) is 4.97. The van der Waals surface area contributed by atoms with Gasteiger partial charge in [-0.15, -0.1) is 0 Å². The van der Waals surface area contributed by atoms with Crippen LogP contribution < -0.4 is 5.32 Å². The van der Waals surface area contributed by atoms with Crippen LogP contribution >= 0.6 is 0 Å². The summed E-state index contributed by atoms with van der Waals surface area (Å²) in [5, 5.41) is 12.2. The van der Waals surface area contributed by atoms with Gasteiger partial charge in [-0.3, -0.25) is 14.7 Å². The molecule has 0 aliphatic heterocycles. The molecule has 0 radical (unpaired) electrons. The zero-order valence-electron chi connectivity index (χ0n) is 11.8. The molecule has 19 heavy (non-hydrogen) atoms. The molecule has 0 aromatic carbocycles. The topological polar surface area (TPSA) is 65.5 Å². The van der Waals surface area contributed by atoms with Crippen molar-refractivity contribution < 1.29 is 9.90 Å². The average molecular weight is 265 g/mol. The van der Waals surface area contributed by atoms with E-state index in [-0.39, 0.29) is 18.5 Å². The van der Waals surface area contributed by atoms with Gasteiger partial charge in [-0.2, -0.15) is 0 Å². The molecule has 0 aliphatic carbocycles. The van der Waals surface area contributed by atoms with Crippen molar-refractivity contribution >= 4 is 5.91 Å². The van der Waals surface area contributed by atoms with Crippen molar-refractivity contribution in [3.63, 3.8) is 0 Å². The molecule has 1 aromatic heterocycles. The van der Waals surface area contributed by atoms with Crippen LogP contribution in [0.3, 0.4) is 0 Å². The summed E-state index contributed by atoms with van der Waals surface area (Å²) in [6.45, 7) is 6.95. The molecule has 1 unspecified atom stereocenters. The molecule has 2 N–H and O–H groups in total. The SMILES string of the molecule is CC(O)CN(CC(=O)NCc1ccccn1)C(C)C. The number of aromatic nitrogens is 1. The Hall–Kier alpha value is -1.46. The van der Waals surface area contributed by atoms with Crippen LogP contribution in [-0.2, 0) is 11.3 Å². The second-order valence-electron chi connectivity index (χ2n) is 4.97. The van der Waals surface area contributed by atoms with E-state index in [1.54, 1.807) is 13.1 Å². The quantitative estimate of drug-likeness (QED) is 0.765. The van der Waals surface area contributed by atoms with E-state index in [0.29, 0.717) is 13.1 Å². The van der Waals surface area contributed by atoms with Gasteiger partial charge < -0.3 is 10.4 Å². The molecule has 5 heteroatoms. The number of hydrogen-bond acceptors (Lipinski definition) is 4. The molecule has 0 saturated carbocycles. The maximum absolute atomic E-state index is 11.9. The summed E-state index contributed by atoms with van der Waals surface area (Å²) < 4.78 is 0. The number of aliphatic hydroxyl groups excluding tert-OH is 1. The molecule has 106 valence electrons. The van der Waals surface area contributed by atoms with Crippen molar-refractivity contribution in [3.05, 3.63) is 30.1 Å². The third-order valence-corrected chi connectivity index (χ3v) is 2.77. The van der Waals surface area contributed by atoms with Crippen molar-refractivity contribution in [2.24, 2.45) is 0 Å². The molecule has 0 saturated heterocycles. The first-order chi connectivity index (χ1) is 8.99. The molecular weight excluding hydrogens is 242 g/mol. The van der Waals surface area contributed by atoms with Crippen LogP contribution in [0.15, 0.2) is 24.4 Å². The van der Waals surface area contributed by atoms with Gasteiger partial charge in [0.1, 0.15) is 0 Å². The monoisotopic (exact) mass is 265 g/mol. The highest BCUT2D eigenvalue weighted by Crippen LogP contribution is 2.00. The summed E-state index contributed by atoms with van der Waals surface area (Å²) in [4.78, 5) is 17.9. The summed E-state index contributed by atoms with van der Waals surface area (Å²) in [7, 11) is 0. The maximum atomic E-state index is 11.9. The zero-order chi connectivity index (χ0) is 14.3. The van der Waals surface area contributed by atoms with Gasteiger partial charge in [-0.1, -0.05) is 6.07 Å². The molecular formula is C14H23N3O2. The molecule has 1 atom stereocenters. The fourth-order valence-corrected chi connectivity index (χ4v) is 1.73. The van der Waals surface area contributed by atoms with Crippen LogP contribution in [0.2, 0.25) is 0 Å². The first kappa shape index (κ1) is 15.6. The summed E-state index contributed by atoms with van der Waals surface area (Å²) in [5.74, 6) is -0.0556. The van der Waals surface area contributed by atoms with E-state index in [1.165, 1.54) is 0 Å². The second kappa shape index (κ2) is 7.86. The Morgan fingerprint density at radius 2 is 2.16 bits per heavy atom. The first-order valence-electron chi connectivity index (χ1n) is 6.57. The van der Waals surface area contributed by atoms with Crippen LogP contribution in [0.5, 0.6) is 0 Å². The third kappa shape index (κ3) is 6.31. The minimum Gasteiger partial charge on any atom is -0.392 e. The maximum Gasteiger partial charge on any atom is 0.234 e. The first-order valence-corrected chi connectivity index (χ1v) is 6.57. The Morgan fingerprint density at radius 3 is 2.68 bits per heavy atom. The number of amides is 1. The third-order valence-electron chi connectivity index (χ3n) is 2.77. The van der Waals surface area contributed by atoms with Crippen LogP contribution in [0, 0.1) is 0 Å². The number of carbonyl (C=O) groups excluding carboxylic acids is 1. The molecule has 1 heterocycles. The van der Waals surface area contributed by atoms with Gasteiger partial charge in [0.05, 0.1) is 24.9 Å². The van der Waals surface area contributed by atoms with Crippen LogP contribution in [-0.4, -0.2) is 46.1 Å². The summed E-state index contributed by atoms with van der Waals surface area (Å²) in [6, 6.07) is 5.82. The Morgan fingerprint density at radius 1 is 1.42 bits per heavy atom. The number of pyridine rings is 1. The van der Waals surface area contributed by atoms with E-state index in [4.69, 9.17) is 0 Å². The van der Waals surface area contributed by atoms with E-state index < -0.39 is 6.10 Å². The van der Waals surface area contributed by atoms with Gasteiger partial charge in [-0.05, 0) is 32.9 Å². The van der Waals surface area contributed by atoms with E-state index in [1.807, 2.05) is 36.9 Å². The lowest BCUT2D eigenvalue weighted by atomic mass is 10.2. The Balaban J connectivity index is 2.40. The summed E-state index contributed by atoms with van der Waals surface area (Å²) in [5.41, 5.74) is 0.836. The van der Waals surface area contributed by atoms with E-state index in [9.17, 15) is 9.90 Å². The lowest BCUT2D eigenvalue weighted by molar-refractivity contribution is -0.123. The molecule has 0 fully saturated rings. The molecule has 5 nitrogen and oxygen atoms in total. The van der Waals surface area contributed by atoms with Crippen molar-refractivity contribution in [2.45, 2.75) is 39.5 Å². The smallest absolute Gasteiger partial charge is 0.234 e. The van der Waals surface area contributed by atoms with Gasteiger partial charge in [0, 0.05) is 18.8 Å². The highest BCUT2D eigenvalue weighted by Gasteiger charge is 2.15. The minimum absolute atomic E-state index is 0.0556. The summed E-state index contributed by atoms with van der Waals surface area (Å²) in [6.07, 6.45) is 1.26. The zero-order valence-corrected chi connectivity index (χ0v) is 11.8. The molecule has 1 amide bonds. The van der Waals surface area contributed by atoms with E-state index in [0.717, 1.165) is 5.69 Å². The molecule has 1 rings (SSSR count).